The number of carbonyl (C=O) groups is 2. The van der Waals surface area contributed by atoms with E-state index in [1.807, 2.05) is 20.8 Å². The van der Waals surface area contributed by atoms with Crippen LogP contribution in [0.25, 0.3) is 11.1 Å². The third-order valence-corrected chi connectivity index (χ3v) is 4.50. The van der Waals surface area contributed by atoms with Crippen LogP contribution in [0.1, 0.15) is 56.9 Å². The van der Waals surface area contributed by atoms with Crippen LogP contribution in [0.3, 0.4) is 0 Å². The monoisotopic (exact) mass is 360 g/mol. The van der Waals surface area contributed by atoms with Crippen LogP contribution in [0.15, 0.2) is 27.4 Å². The van der Waals surface area contributed by atoms with E-state index in [4.69, 9.17) is 9.15 Å². The Hall–Kier alpha value is -2.57. The third-order valence-electron chi connectivity index (χ3n) is 4.50. The van der Waals surface area contributed by atoms with Gasteiger partial charge in [0.2, 0.25) is 0 Å². The third kappa shape index (κ3) is 3.66. The van der Waals surface area contributed by atoms with Crippen molar-refractivity contribution < 1.29 is 18.7 Å². The maximum absolute atomic E-state index is 12.3. The van der Waals surface area contributed by atoms with E-state index in [1.165, 1.54) is 6.92 Å². The van der Waals surface area contributed by atoms with Crippen LogP contribution in [0.5, 0.6) is 0 Å². The SMILES string of the molecule is CC(=O)c1ccc2c(c1)oc(=O)n2C1CCN(C(=O)OC(C)(C)C)CC1. The molecule has 1 aromatic carbocycles. The van der Waals surface area contributed by atoms with E-state index in [0.29, 0.717) is 42.6 Å². The first kappa shape index (κ1) is 18.2. The smallest absolute Gasteiger partial charge is 0.420 e. The second-order valence-corrected chi connectivity index (χ2v) is 7.68. The Bertz CT molecular complexity index is 895. The molecule has 1 aliphatic heterocycles. The molecule has 0 N–H and O–H groups in total. The summed E-state index contributed by atoms with van der Waals surface area (Å²) in [5.41, 5.74) is 1.08. The highest BCUT2D eigenvalue weighted by molar-refractivity contribution is 5.96. The predicted molar refractivity (Wildman–Crippen MR) is 96.6 cm³/mol. The van der Waals surface area contributed by atoms with E-state index < -0.39 is 11.4 Å². The van der Waals surface area contributed by atoms with E-state index >= 15 is 0 Å². The summed E-state index contributed by atoms with van der Waals surface area (Å²) in [6, 6.07) is 5.00. The van der Waals surface area contributed by atoms with Crippen molar-refractivity contribution in [2.24, 2.45) is 0 Å². The molecule has 1 amide bonds. The fraction of sp³-hybridized carbons (Fsp3) is 0.526. The average Bonchev–Trinajstić information content (AvgIpc) is 2.88. The van der Waals surface area contributed by atoms with Crippen LogP contribution in [-0.2, 0) is 4.74 Å². The summed E-state index contributed by atoms with van der Waals surface area (Å²) in [5, 5.41) is 0. The molecular weight excluding hydrogens is 336 g/mol. The minimum Gasteiger partial charge on any atom is -0.444 e. The van der Waals surface area contributed by atoms with E-state index in [-0.39, 0.29) is 17.9 Å². The first-order valence-corrected chi connectivity index (χ1v) is 8.79. The van der Waals surface area contributed by atoms with Gasteiger partial charge in [-0.25, -0.2) is 9.59 Å². The van der Waals surface area contributed by atoms with Crippen molar-refractivity contribution in [1.29, 1.82) is 0 Å². The maximum Gasteiger partial charge on any atom is 0.420 e. The molecule has 0 unspecified atom stereocenters. The summed E-state index contributed by atoms with van der Waals surface area (Å²) >= 11 is 0. The van der Waals surface area contributed by atoms with Gasteiger partial charge in [0.05, 0.1) is 5.52 Å². The molecular formula is C19H24N2O5. The highest BCUT2D eigenvalue weighted by Gasteiger charge is 2.29. The number of hydrogen-bond acceptors (Lipinski definition) is 5. The van der Waals surface area contributed by atoms with Crippen molar-refractivity contribution in [3.63, 3.8) is 0 Å². The van der Waals surface area contributed by atoms with Gasteiger partial charge >= 0.3 is 11.8 Å². The molecule has 2 heterocycles. The number of carbonyl (C=O) groups excluding carboxylic acids is 2. The molecule has 0 saturated carbocycles. The van der Waals surface area contributed by atoms with Crippen molar-refractivity contribution in [2.75, 3.05) is 13.1 Å². The van der Waals surface area contributed by atoms with Gasteiger partial charge in [-0.1, -0.05) is 0 Å². The minimum atomic E-state index is -0.528. The van der Waals surface area contributed by atoms with Crippen LogP contribution in [0.4, 0.5) is 4.79 Å². The second-order valence-electron chi connectivity index (χ2n) is 7.68. The molecule has 7 nitrogen and oxygen atoms in total. The molecule has 1 saturated heterocycles. The standard InChI is InChI=1S/C19H24N2O5/c1-12(22)13-5-6-15-16(11-13)25-18(24)21(15)14-7-9-20(10-8-14)17(23)26-19(2,3)4/h5-6,11,14H,7-10H2,1-4H3. The molecule has 1 fully saturated rings. The molecule has 0 aliphatic carbocycles. The van der Waals surface area contributed by atoms with Gasteiger partial charge in [-0.15, -0.1) is 0 Å². The van der Waals surface area contributed by atoms with Gasteiger partial charge in [0.15, 0.2) is 11.4 Å². The van der Waals surface area contributed by atoms with Crippen molar-refractivity contribution in [3.05, 3.63) is 34.3 Å². The van der Waals surface area contributed by atoms with Crippen LogP contribution in [0.2, 0.25) is 0 Å². The number of amides is 1. The minimum absolute atomic E-state index is 0.0504. The van der Waals surface area contributed by atoms with Gasteiger partial charge in [0.1, 0.15) is 5.60 Å². The van der Waals surface area contributed by atoms with E-state index in [0.717, 1.165) is 0 Å². The molecule has 7 heteroatoms. The van der Waals surface area contributed by atoms with Crippen LogP contribution in [-0.4, -0.2) is 40.0 Å². The number of benzene rings is 1. The number of likely N-dealkylation sites (tertiary alicyclic amines) is 1. The van der Waals surface area contributed by atoms with Crippen molar-refractivity contribution in [3.8, 4) is 0 Å². The van der Waals surface area contributed by atoms with Crippen molar-refractivity contribution in [2.45, 2.75) is 52.2 Å². The molecule has 2 aromatic rings. The molecule has 0 radical (unpaired) electrons. The Labute approximate surface area is 151 Å². The normalized spacial score (nSPS) is 16.1. The molecule has 0 spiro atoms. The lowest BCUT2D eigenvalue weighted by Gasteiger charge is -2.33. The quantitative estimate of drug-likeness (QED) is 0.767. The number of aromatic nitrogens is 1. The highest BCUT2D eigenvalue weighted by Crippen LogP contribution is 2.27. The Kier molecular flexibility index (Phi) is 4.64. The predicted octanol–water partition coefficient (Wildman–Crippen LogP) is 3.37. The van der Waals surface area contributed by atoms with Crippen LogP contribution in [0, 0.1) is 0 Å². The maximum atomic E-state index is 12.3. The summed E-state index contributed by atoms with van der Waals surface area (Å²) < 4.78 is 12.4. The van der Waals surface area contributed by atoms with Gasteiger partial charge in [-0.3, -0.25) is 9.36 Å². The lowest BCUT2D eigenvalue weighted by atomic mass is 10.0. The highest BCUT2D eigenvalue weighted by atomic mass is 16.6. The van der Waals surface area contributed by atoms with Crippen LogP contribution >= 0.6 is 0 Å². The van der Waals surface area contributed by atoms with Gasteiger partial charge in [0.25, 0.3) is 0 Å². The van der Waals surface area contributed by atoms with Gasteiger partial charge in [-0.05, 0) is 58.7 Å². The summed E-state index contributed by atoms with van der Waals surface area (Å²) in [5.74, 6) is -0.510. The Balaban J connectivity index is 1.77. The summed E-state index contributed by atoms with van der Waals surface area (Å²) in [4.78, 5) is 37.7. The number of rotatable bonds is 2. The van der Waals surface area contributed by atoms with E-state index in [1.54, 1.807) is 27.7 Å². The molecule has 1 aliphatic rings. The van der Waals surface area contributed by atoms with E-state index in [9.17, 15) is 14.4 Å². The van der Waals surface area contributed by atoms with Gasteiger partial charge in [-0.2, -0.15) is 0 Å². The zero-order valence-electron chi connectivity index (χ0n) is 15.6. The van der Waals surface area contributed by atoms with E-state index in [2.05, 4.69) is 0 Å². The summed E-state index contributed by atoms with van der Waals surface area (Å²) in [6.45, 7) is 8.02. The first-order chi connectivity index (χ1) is 12.2. The molecule has 26 heavy (non-hydrogen) atoms. The number of oxazole rings is 1. The topological polar surface area (TPSA) is 81.8 Å². The fourth-order valence-corrected chi connectivity index (χ4v) is 3.23. The summed E-state index contributed by atoms with van der Waals surface area (Å²) in [7, 11) is 0. The van der Waals surface area contributed by atoms with Gasteiger partial charge in [0, 0.05) is 24.7 Å². The Morgan fingerprint density at radius 1 is 1.19 bits per heavy atom. The molecule has 1 aromatic heterocycles. The first-order valence-electron chi connectivity index (χ1n) is 8.79. The fourth-order valence-electron chi connectivity index (χ4n) is 3.23. The largest absolute Gasteiger partial charge is 0.444 e. The number of nitrogens with zero attached hydrogens (tertiary/aromatic N) is 2. The number of Topliss-reactive ketones (excluding diaryl/α,β-unsaturated/α-hetero) is 1. The molecule has 140 valence electrons. The molecule has 0 bridgehead atoms. The zero-order valence-corrected chi connectivity index (χ0v) is 15.6. The Morgan fingerprint density at radius 3 is 2.42 bits per heavy atom. The Morgan fingerprint density at radius 2 is 1.85 bits per heavy atom. The zero-order chi connectivity index (χ0) is 19.1. The van der Waals surface area contributed by atoms with Crippen molar-refractivity contribution in [1.82, 2.24) is 9.47 Å². The summed E-state index contributed by atoms with van der Waals surface area (Å²) in [6.07, 6.45) is 0.955. The lowest BCUT2D eigenvalue weighted by molar-refractivity contribution is 0.0188. The number of ether oxygens (including phenoxy) is 1. The number of hydrogen-bond donors (Lipinski definition) is 0. The number of fused-ring (bicyclic) bond motifs is 1. The number of ketones is 1. The average molecular weight is 360 g/mol. The molecule has 3 rings (SSSR count). The van der Waals surface area contributed by atoms with Crippen LogP contribution < -0.4 is 5.76 Å². The second kappa shape index (κ2) is 6.63. The number of piperidine rings is 1. The van der Waals surface area contributed by atoms with Gasteiger partial charge < -0.3 is 14.1 Å². The lowest BCUT2D eigenvalue weighted by Crippen LogP contribution is -2.42. The van der Waals surface area contributed by atoms with Crippen molar-refractivity contribution >= 4 is 23.0 Å². The molecule has 0 atom stereocenters.